The molecule has 15 heavy (non-hydrogen) atoms. The van der Waals surface area contributed by atoms with Crippen LogP contribution < -0.4 is 5.32 Å². The van der Waals surface area contributed by atoms with Crippen LogP contribution in [0.2, 0.25) is 0 Å². The van der Waals surface area contributed by atoms with Crippen LogP contribution in [0.3, 0.4) is 0 Å². The van der Waals surface area contributed by atoms with E-state index in [2.05, 4.69) is 51.0 Å². The first-order valence-electron chi connectivity index (χ1n) is 5.30. The summed E-state index contributed by atoms with van der Waals surface area (Å²) < 4.78 is 7.21. The quantitative estimate of drug-likeness (QED) is 0.827. The van der Waals surface area contributed by atoms with E-state index >= 15 is 0 Å². The van der Waals surface area contributed by atoms with E-state index in [9.17, 15) is 0 Å². The average Bonchev–Trinajstić information content (AvgIpc) is 2.52. The molecule has 1 heterocycles. The smallest absolute Gasteiger partial charge is 0.183 e. The fourth-order valence-corrected chi connectivity index (χ4v) is 2.02. The third kappa shape index (κ3) is 4.70. The monoisotopic (exact) mass is 337 g/mol. The highest BCUT2D eigenvalue weighted by Gasteiger charge is 2.07. The molecule has 0 saturated carbocycles. The van der Waals surface area contributed by atoms with Crippen LogP contribution in [0.4, 0.5) is 0 Å². The van der Waals surface area contributed by atoms with Gasteiger partial charge in [0.25, 0.3) is 0 Å². The van der Waals surface area contributed by atoms with Gasteiger partial charge in [-0.2, -0.15) is 0 Å². The maximum absolute atomic E-state index is 5.48. The molecule has 0 spiro atoms. The van der Waals surface area contributed by atoms with Crippen LogP contribution in [0.25, 0.3) is 0 Å². The zero-order valence-corrected chi connectivity index (χ0v) is 12.3. The summed E-state index contributed by atoms with van der Waals surface area (Å²) in [5, 5.41) is 3.44. The van der Waals surface area contributed by atoms with Crippen molar-refractivity contribution in [2.75, 3.05) is 0 Å². The van der Waals surface area contributed by atoms with E-state index in [0.717, 1.165) is 21.4 Å². The number of rotatable bonds is 6. The van der Waals surface area contributed by atoms with Gasteiger partial charge in [-0.25, -0.2) is 0 Å². The van der Waals surface area contributed by atoms with Gasteiger partial charge in [0.2, 0.25) is 0 Å². The number of hydrogen-bond acceptors (Lipinski definition) is 2. The number of unbranched alkanes of at least 4 members (excludes halogenated alkanes) is 1. The van der Waals surface area contributed by atoms with Crippen molar-refractivity contribution in [1.82, 2.24) is 5.32 Å². The maximum Gasteiger partial charge on any atom is 0.183 e. The second-order valence-corrected chi connectivity index (χ2v) is 5.33. The van der Waals surface area contributed by atoms with Crippen molar-refractivity contribution < 1.29 is 4.42 Å². The zero-order valence-electron chi connectivity index (χ0n) is 9.15. The standard InChI is InChI=1S/C11H17Br2NO/c1-3-4-5-8(2)14-7-9-6-10(12)11(13)15-9/h6,8,14H,3-5,7H2,1-2H3. The Balaban J connectivity index is 2.30. The molecular weight excluding hydrogens is 322 g/mol. The van der Waals surface area contributed by atoms with Gasteiger partial charge >= 0.3 is 0 Å². The van der Waals surface area contributed by atoms with Crippen LogP contribution >= 0.6 is 31.9 Å². The molecule has 0 aliphatic rings. The van der Waals surface area contributed by atoms with E-state index in [0.29, 0.717) is 6.04 Å². The topological polar surface area (TPSA) is 25.2 Å². The molecule has 2 nitrogen and oxygen atoms in total. The highest BCUT2D eigenvalue weighted by Crippen LogP contribution is 2.26. The molecule has 0 saturated heterocycles. The third-order valence-electron chi connectivity index (χ3n) is 2.31. The number of nitrogens with one attached hydrogen (secondary N) is 1. The van der Waals surface area contributed by atoms with Gasteiger partial charge in [-0.05, 0) is 51.3 Å². The summed E-state index contributed by atoms with van der Waals surface area (Å²) >= 11 is 6.72. The first-order valence-corrected chi connectivity index (χ1v) is 6.89. The fraction of sp³-hybridized carbons (Fsp3) is 0.636. The van der Waals surface area contributed by atoms with Crippen LogP contribution in [-0.2, 0) is 6.54 Å². The lowest BCUT2D eigenvalue weighted by Gasteiger charge is -2.11. The van der Waals surface area contributed by atoms with E-state index in [4.69, 9.17) is 4.42 Å². The van der Waals surface area contributed by atoms with E-state index in [1.54, 1.807) is 0 Å². The SMILES string of the molecule is CCCCC(C)NCc1cc(Br)c(Br)o1. The van der Waals surface area contributed by atoms with Crippen LogP contribution in [0, 0.1) is 0 Å². The lowest BCUT2D eigenvalue weighted by molar-refractivity contribution is 0.427. The highest BCUT2D eigenvalue weighted by molar-refractivity contribution is 9.13. The summed E-state index contributed by atoms with van der Waals surface area (Å²) in [6, 6.07) is 2.54. The zero-order chi connectivity index (χ0) is 11.3. The molecule has 0 aliphatic carbocycles. The molecular formula is C11H17Br2NO. The lowest BCUT2D eigenvalue weighted by Crippen LogP contribution is -2.24. The second-order valence-electron chi connectivity index (χ2n) is 3.76. The fourth-order valence-electron chi connectivity index (χ4n) is 1.37. The van der Waals surface area contributed by atoms with Crippen LogP contribution in [-0.4, -0.2) is 6.04 Å². The van der Waals surface area contributed by atoms with E-state index in [-0.39, 0.29) is 0 Å². The Morgan fingerprint density at radius 2 is 2.20 bits per heavy atom. The summed E-state index contributed by atoms with van der Waals surface area (Å²) in [6.45, 7) is 5.21. The molecule has 0 fully saturated rings. The molecule has 4 heteroatoms. The van der Waals surface area contributed by atoms with Gasteiger partial charge in [0, 0.05) is 6.04 Å². The van der Waals surface area contributed by atoms with Gasteiger partial charge in [-0.1, -0.05) is 19.8 Å². The van der Waals surface area contributed by atoms with Gasteiger partial charge < -0.3 is 9.73 Å². The molecule has 1 aromatic rings. The Hall–Kier alpha value is 0.200. The molecule has 1 N–H and O–H groups in total. The van der Waals surface area contributed by atoms with Crippen molar-refractivity contribution in [2.45, 2.75) is 45.7 Å². The van der Waals surface area contributed by atoms with Crippen LogP contribution in [0.1, 0.15) is 38.9 Å². The summed E-state index contributed by atoms with van der Waals surface area (Å²) in [6.07, 6.45) is 3.75. The second kappa shape index (κ2) is 6.71. The van der Waals surface area contributed by atoms with Gasteiger partial charge in [0.1, 0.15) is 5.76 Å². The molecule has 0 aromatic carbocycles. The minimum atomic E-state index is 0.549. The third-order valence-corrected chi connectivity index (χ3v) is 4.02. The van der Waals surface area contributed by atoms with Gasteiger partial charge in [-0.15, -0.1) is 0 Å². The van der Waals surface area contributed by atoms with Crippen molar-refractivity contribution in [2.24, 2.45) is 0 Å². The average molecular weight is 339 g/mol. The van der Waals surface area contributed by atoms with Crippen molar-refractivity contribution in [3.05, 3.63) is 21.0 Å². The molecule has 1 unspecified atom stereocenters. The first-order chi connectivity index (χ1) is 7.13. The molecule has 0 bridgehead atoms. The Morgan fingerprint density at radius 3 is 2.73 bits per heavy atom. The molecule has 0 radical (unpaired) electrons. The van der Waals surface area contributed by atoms with Crippen molar-refractivity contribution in [1.29, 1.82) is 0 Å². The molecule has 1 rings (SSSR count). The normalized spacial score (nSPS) is 13.1. The summed E-state index contributed by atoms with van der Waals surface area (Å²) in [5.41, 5.74) is 0. The Labute approximate surface area is 108 Å². The minimum Gasteiger partial charge on any atom is -0.452 e. The van der Waals surface area contributed by atoms with Gasteiger partial charge in [-0.3, -0.25) is 0 Å². The number of furan rings is 1. The van der Waals surface area contributed by atoms with E-state index in [1.165, 1.54) is 19.3 Å². The Morgan fingerprint density at radius 1 is 1.47 bits per heavy atom. The molecule has 0 amide bonds. The van der Waals surface area contributed by atoms with E-state index in [1.807, 2.05) is 6.07 Å². The summed E-state index contributed by atoms with van der Waals surface area (Å²) in [4.78, 5) is 0. The van der Waals surface area contributed by atoms with Crippen molar-refractivity contribution in [3.8, 4) is 0 Å². The largest absolute Gasteiger partial charge is 0.452 e. The van der Waals surface area contributed by atoms with Gasteiger partial charge in [0.05, 0.1) is 11.0 Å². The first kappa shape index (κ1) is 13.3. The highest BCUT2D eigenvalue weighted by atomic mass is 79.9. The van der Waals surface area contributed by atoms with Crippen molar-refractivity contribution >= 4 is 31.9 Å². The molecule has 86 valence electrons. The minimum absolute atomic E-state index is 0.549. The molecule has 0 aliphatic heterocycles. The van der Waals surface area contributed by atoms with Crippen LogP contribution in [0.15, 0.2) is 19.6 Å². The van der Waals surface area contributed by atoms with E-state index < -0.39 is 0 Å². The molecule has 1 aromatic heterocycles. The Kier molecular flexibility index (Phi) is 5.94. The summed E-state index contributed by atoms with van der Waals surface area (Å²) in [5.74, 6) is 0.956. The number of hydrogen-bond donors (Lipinski definition) is 1. The molecule has 1 atom stereocenters. The van der Waals surface area contributed by atoms with Gasteiger partial charge in [0.15, 0.2) is 4.67 Å². The summed E-state index contributed by atoms with van der Waals surface area (Å²) in [7, 11) is 0. The van der Waals surface area contributed by atoms with Crippen LogP contribution in [0.5, 0.6) is 0 Å². The lowest BCUT2D eigenvalue weighted by atomic mass is 10.1. The predicted molar refractivity (Wildman–Crippen MR) is 69.9 cm³/mol. The van der Waals surface area contributed by atoms with Crippen molar-refractivity contribution in [3.63, 3.8) is 0 Å². The maximum atomic E-state index is 5.48. The number of halogens is 2. The predicted octanol–water partition coefficient (Wildman–Crippen LogP) is 4.47. The Bertz CT molecular complexity index is 279.